The van der Waals surface area contributed by atoms with Crippen molar-refractivity contribution in [2.75, 3.05) is 24.7 Å². The van der Waals surface area contributed by atoms with Gasteiger partial charge in [-0.05, 0) is 42.3 Å². The highest BCUT2D eigenvalue weighted by Crippen LogP contribution is 2.44. The lowest BCUT2D eigenvalue weighted by atomic mass is 9.89. The molecule has 30 heavy (non-hydrogen) atoms. The molecule has 7 heteroatoms. The van der Waals surface area contributed by atoms with Crippen molar-refractivity contribution < 1.29 is 28.1 Å². The summed E-state index contributed by atoms with van der Waals surface area (Å²) in [6.07, 6.45) is 4.64. The van der Waals surface area contributed by atoms with Crippen molar-refractivity contribution in [1.29, 1.82) is 0 Å². The molecular weight excluding hydrogens is 395 g/mol. The summed E-state index contributed by atoms with van der Waals surface area (Å²) in [6.45, 7) is -0.670. The first-order valence-corrected chi connectivity index (χ1v) is 9.76. The molecular formula is C23H22F3NO3. The van der Waals surface area contributed by atoms with Crippen LogP contribution in [0.25, 0.3) is 11.1 Å². The highest BCUT2D eigenvalue weighted by Gasteiger charge is 2.35. The van der Waals surface area contributed by atoms with E-state index in [1.54, 1.807) is 30.4 Å². The molecule has 2 aromatic carbocycles. The third-order valence-electron chi connectivity index (χ3n) is 5.44. The number of β-amino-alcohol motifs (C(OH)–C–C–N with tert-alkyl or cyclic N) is 1. The van der Waals surface area contributed by atoms with Gasteiger partial charge in [0.2, 0.25) is 0 Å². The first-order valence-electron chi connectivity index (χ1n) is 9.76. The molecule has 1 heterocycles. The normalized spacial score (nSPS) is 21.6. The van der Waals surface area contributed by atoms with Crippen molar-refractivity contribution in [2.45, 2.75) is 18.6 Å². The third-order valence-corrected chi connectivity index (χ3v) is 5.44. The van der Waals surface area contributed by atoms with E-state index < -0.39 is 24.4 Å². The van der Waals surface area contributed by atoms with Gasteiger partial charge >= 0.3 is 0 Å². The molecule has 0 saturated heterocycles. The number of hydrogen-bond donors (Lipinski definition) is 2. The monoisotopic (exact) mass is 417 g/mol. The predicted octanol–water partition coefficient (Wildman–Crippen LogP) is 4.55. The van der Waals surface area contributed by atoms with Gasteiger partial charge in [0, 0.05) is 24.1 Å². The van der Waals surface area contributed by atoms with E-state index in [0.29, 0.717) is 29.0 Å². The number of allylic oxidation sites excluding steroid dienone is 2. The van der Waals surface area contributed by atoms with Crippen LogP contribution in [0.1, 0.15) is 6.42 Å². The van der Waals surface area contributed by atoms with Crippen LogP contribution in [-0.2, 0) is 0 Å². The molecule has 1 aliphatic heterocycles. The fourth-order valence-corrected chi connectivity index (χ4v) is 4.10. The van der Waals surface area contributed by atoms with Crippen LogP contribution in [0.2, 0.25) is 0 Å². The maximum Gasteiger partial charge on any atom is 0.150 e. The van der Waals surface area contributed by atoms with Gasteiger partial charge < -0.3 is 19.8 Å². The second-order valence-electron chi connectivity index (χ2n) is 7.54. The van der Waals surface area contributed by atoms with Crippen LogP contribution in [-0.4, -0.2) is 42.2 Å². The number of halogens is 3. The fraction of sp³-hybridized carbons (Fsp3) is 0.304. The van der Waals surface area contributed by atoms with Crippen molar-refractivity contribution >= 4 is 5.69 Å². The second kappa shape index (κ2) is 8.44. The van der Waals surface area contributed by atoms with E-state index in [4.69, 9.17) is 4.74 Å². The Balaban J connectivity index is 1.77. The zero-order valence-electron chi connectivity index (χ0n) is 16.1. The summed E-state index contributed by atoms with van der Waals surface area (Å²) in [7, 11) is 0. The van der Waals surface area contributed by atoms with Crippen LogP contribution in [0.4, 0.5) is 18.9 Å². The highest BCUT2D eigenvalue weighted by atomic mass is 19.1. The van der Waals surface area contributed by atoms with Crippen LogP contribution in [0.15, 0.2) is 60.4 Å². The van der Waals surface area contributed by atoms with Crippen molar-refractivity contribution in [2.24, 2.45) is 5.92 Å². The van der Waals surface area contributed by atoms with Crippen molar-refractivity contribution in [3.05, 3.63) is 72.0 Å². The number of rotatable bonds is 5. The Bertz CT molecular complexity index is 971. The van der Waals surface area contributed by atoms with Gasteiger partial charge in [0.05, 0.1) is 17.8 Å². The van der Waals surface area contributed by atoms with Gasteiger partial charge in [-0.15, -0.1) is 0 Å². The number of hydrogen-bond acceptors (Lipinski definition) is 4. The number of fused-ring (bicyclic) bond motifs is 1. The Kier molecular flexibility index (Phi) is 5.72. The van der Waals surface area contributed by atoms with Crippen LogP contribution >= 0.6 is 0 Å². The molecule has 2 N–H and O–H groups in total. The fourth-order valence-electron chi connectivity index (χ4n) is 4.10. The van der Waals surface area contributed by atoms with Gasteiger partial charge in [0.25, 0.3) is 0 Å². The van der Waals surface area contributed by atoms with Crippen LogP contribution in [0.5, 0.6) is 5.75 Å². The first kappa shape index (κ1) is 20.3. The molecule has 1 unspecified atom stereocenters. The summed E-state index contributed by atoms with van der Waals surface area (Å²) in [5.41, 5.74) is 1.43. The molecule has 0 radical (unpaired) electrons. The maximum atomic E-state index is 13.8. The standard InChI is InChI=1S/C23H22F3NO3/c24-11-19(29)12-27-21-6-2-5-20(15-7-16(25)10-17(26)8-15)23(21)30-13-22(27)14-3-1-4-18(28)9-14/h1-2,4-10,14,19,22,28-29H,3,11-13H2/t14?,19-,22+/m0/s1. The molecule has 2 aliphatic rings. The Labute approximate surface area is 172 Å². The van der Waals surface area contributed by atoms with Gasteiger partial charge in [-0.1, -0.05) is 18.2 Å². The lowest BCUT2D eigenvalue weighted by molar-refractivity contribution is 0.133. The Hall–Kier alpha value is -2.93. The number of para-hydroxylation sites is 1. The summed E-state index contributed by atoms with van der Waals surface area (Å²) in [6, 6.07) is 8.19. The first-order chi connectivity index (χ1) is 14.5. The SMILES string of the molecule is OC1=CC([C@H]2COc3c(-c4cc(F)cc(F)c4)cccc3N2C[C@@H](O)CF)CC=C1. The summed E-state index contributed by atoms with van der Waals surface area (Å²) >= 11 is 0. The minimum Gasteiger partial charge on any atom is -0.508 e. The molecule has 4 nitrogen and oxygen atoms in total. The molecule has 0 spiro atoms. The third kappa shape index (κ3) is 4.03. The summed E-state index contributed by atoms with van der Waals surface area (Å²) in [5, 5.41) is 19.9. The molecule has 0 fully saturated rings. The van der Waals surface area contributed by atoms with Crippen molar-refractivity contribution in [3.63, 3.8) is 0 Å². The van der Waals surface area contributed by atoms with E-state index >= 15 is 0 Å². The minimum atomic E-state index is -1.20. The lowest BCUT2D eigenvalue weighted by Crippen LogP contribution is -2.50. The Morgan fingerprint density at radius 3 is 2.63 bits per heavy atom. The van der Waals surface area contributed by atoms with Crippen molar-refractivity contribution in [1.82, 2.24) is 0 Å². The summed E-state index contributed by atoms with van der Waals surface area (Å²) in [5.74, 6) is -0.937. The molecule has 158 valence electrons. The zero-order valence-corrected chi connectivity index (χ0v) is 16.1. The van der Waals surface area contributed by atoms with Gasteiger partial charge in [0.15, 0.2) is 5.75 Å². The van der Waals surface area contributed by atoms with Crippen LogP contribution in [0, 0.1) is 17.6 Å². The molecule has 1 aliphatic carbocycles. The smallest absolute Gasteiger partial charge is 0.150 e. The average Bonchev–Trinajstić information content (AvgIpc) is 2.72. The lowest BCUT2D eigenvalue weighted by Gasteiger charge is -2.43. The molecule has 2 aromatic rings. The Morgan fingerprint density at radius 1 is 1.17 bits per heavy atom. The van der Waals surface area contributed by atoms with E-state index in [2.05, 4.69) is 0 Å². The molecule has 0 bridgehead atoms. The number of aliphatic hydroxyl groups excluding tert-OH is 2. The number of anilines is 1. The van der Waals surface area contributed by atoms with E-state index in [1.165, 1.54) is 12.1 Å². The summed E-state index contributed by atoms with van der Waals surface area (Å²) in [4.78, 5) is 1.86. The quantitative estimate of drug-likeness (QED) is 0.750. The largest absolute Gasteiger partial charge is 0.508 e. The summed E-state index contributed by atoms with van der Waals surface area (Å²) < 4.78 is 46.7. The van der Waals surface area contributed by atoms with Crippen LogP contribution in [0.3, 0.4) is 0 Å². The second-order valence-corrected chi connectivity index (χ2v) is 7.54. The van der Waals surface area contributed by atoms with Crippen molar-refractivity contribution in [3.8, 4) is 16.9 Å². The van der Waals surface area contributed by atoms with E-state index in [-0.39, 0.29) is 30.9 Å². The number of benzene rings is 2. The van der Waals surface area contributed by atoms with Crippen LogP contribution < -0.4 is 9.64 Å². The van der Waals surface area contributed by atoms with Gasteiger partial charge in [-0.25, -0.2) is 13.2 Å². The van der Waals surface area contributed by atoms with E-state index in [1.807, 2.05) is 11.0 Å². The molecule has 4 rings (SSSR count). The topological polar surface area (TPSA) is 52.9 Å². The number of nitrogens with zero attached hydrogens (tertiary/aromatic N) is 1. The molecule has 0 aromatic heterocycles. The van der Waals surface area contributed by atoms with Gasteiger partial charge in [-0.2, -0.15) is 0 Å². The zero-order chi connectivity index (χ0) is 21.3. The molecule has 0 amide bonds. The highest BCUT2D eigenvalue weighted by molar-refractivity contribution is 5.79. The predicted molar refractivity (Wildman–Crippen MR) is 108 cm³/mol. The minimum absolute atomic E-state index is 0.0211. The average molecular weight is 417 g/mol. The molecule has 3 atom stereocenters. The van der Waals surface area contributed by atoms with Gasteiger partial charge in [-0.3, -0.25) is 0 Å². The maximum absolute atomic E-state index is 13.8. The van der Waals surface area contributed by atoms with Gasteiger partial charge in [0.1, 0.15) is 30.7 Å². The van der Waals surface area contributed by atoms with E-state index in [0.717, 1.165) is 6.07 Å². The Morgan fingerprint density at radius 2 is 1.93 bits per heavy atom. The van der Waals surface area contributed by atoms with E-state index in [9.17, 15) is 23.4 Å². The number of alkyl halides is 1. The number of ether oxygens (including phenoxy) is 1. The number of aliphatic hydroxyl groups is 2. The molecule has 0 saturated carbocycles.